The highest BCUT2D eigenvalue weighted by Crippen LogP contribution is 2.20. The number of methoxy groups -OCH3 is 1. The van der Waals surface area contributed by atoms with Crippen molar-refractivity contribution in [1.29, 1.82) is 0 Å². The maximum Gasteiger partial charge on any atom is 0.221 e. The molecule has 126 valence electrons. The predicted molar refractivity (Wildman–Crippen MR) is 87.5 cm³/mol. The Morgan fingerprint density at radius 1 is 1.32 bits per heavy atom. The molecule has 0 spiro atoms. The molecule has 22 heavy (non-hydrogen) atoms. The van der Waals surface area contributed by atoms with Crippen LogP contribution in [0.1, 0.15) is 51.9 Å². The Balaban J connectivity index is 2.24. The summed E-state index contributed by atoms with van der Waals surface area (Å²) in [6, 6.07) is 0. The minimum absolute atomic E-state index is 0.000708. The molecule has 0 saturated heterocycles. The summed E-state index contributed by atoms with van der Waals surface area (Å²) < 4.78 is 4.93. The van der Waals surface area contributed by atoms with Crippen LogP contribution in [0.15, 0.2) is 11.6 Å². The third-order valence-corrected chi connectivity index (χ3v) is 3.99. The lowest BCUT2D eigenvalue weighted by atomic mass is 9.97. The zero-order valence-corrected chi connectivity index (χ0v) is 14.0. The average Bonchev–Trinajstić information content (AvgIpc) is 2.52. The first-order chi connectivity index (χ1) is 10.6. The summed E-state index contributed by atoms with van der Waals surface area (Å²) in [6.45, 7) is 4.07. The number of hydrogen-bond acceptors (Lipinski definition) is 3. The van der Waals surface area contributed by atoms with Gasteiger partial charge in [-0.05, 0) is 38.5 Å². The molecular formula is C17H30N2O3. The average molecular weight is 310 g/mol. The number of carbonyl (C=O) groups excluding carboxylic acids is 2. The van der Waals surface area contributed by atoms with Gasteiger partial charge in [0, 0.05) is 46.7 Å². The monoisotopic (exact) mass is 310 g/mol. The van der Waals surface area contributed by atoms with Crippen molar-refractivity contribution in [2.45, 2.75) is 51.9 Å². The summed E-state index contributed by atoms with van der Waals surface area (Å²) in [6.07, 6.45) is 9.29. The second-order valence-electron chi connectivity index (χ2n) is 5.81. The Hall–Kier alpha value is -1.36. The zero-order valence-electron chi connectivity index (χ0n) is 14.0. The Labute approximate surface area is 134 Å². The van der Waals surface area contributed by atoms with E-state index in [9.17, 15) is 9.59 Å². The lowest BCUT2D eigenvalue weighted by molar-refractivity contribution is -0.129. The van der Waals surface area contributed by atoms with Crippen molar-refractivity contribution >= 4 is 11.8 Å². The molecule has 1 aliphatic carbocycles. The van der Waals surface area contributed by atoms with E-state index >= 15 is 0 Å². The van der Waals surface area contributed by atoms with Crippen LogP contribution >= 0.6 is 0 Å². The van der Waals surface area contributed by atoms with Gasteiger partial charge in [0.05, 0.1) is 0 Å². The third-order valence-electron chi connectivity index (χ3n) is 3.99. The molecule has 1 N–H and O–H groups in total. The molecule has 1 aliphatic rings. The second kappa shape index (κ2) is 11.2. The van der Waals surface area contributed by atoms with Crippen molar-refractivity contribution in [1.82, 2.24) is 10.2 Å². The predicted octanol–water partition coefficient (Wildman–Crippen LogP) is 2.27. The van der Waals surface area contributed by atoms with Gasteiger partial charge in [-0.2, -0.15) is 0 Å². The fraction of sp³-hybridized carbons (Fsp3) is 0.765. The van der Waals surface area contributed by atoms with Crippen molar-refractivity contribution in [3.63, 3.8) is 0 Å². The van der Waals surface area contributed by atoms with E-state index in [4.69, 9.17) is 4.74 Å². The van der Waals surface area contributed by atoms with Gasteiger partial charge in [-0.3, -0.25) is 9.59 Å². The van der Waals surface area contributed by atoms with E-state index < -0.39 is 0 Å². The van der Waals surface area contributed by atoms with Crippen molar-refractivity contribution in [3.8, 4) is 0 Å². The molecule has 2 amide bonds. The molecule has 5 heteroatoms. The molecule has 0 aromatic rings. The quantitative estimate of drug-likeness (QED) is 0.497. The maximum atomic E-state index is 11.7. The highest BCUT2D eigenvalue weighted by Gasteiger charge is 2.12. The van der Waals surface area contributed by atoms with Crippen LogP contribution in [-0.2, 0) is 14.3 Å². The topological polar surface area (TPSA) is 58.6 Å². The number of allylic oxidation sites excluding steroid dienone is 1. The molecule has 0 aromatic heterocycles. The lowest BCUT2D eigenvalue weighted by Gasteiger charge is -2.22. The summed E-state index contributed by atoms with van der Waals surface area (Å²) in [4.78, 5) is 25.2. The Bertz CT molecular complexity index is 380. The summed E-state index contributed by atoms with van der Waals surface area (Å²) >= 11 is 0. The van der Waals surface area contributed by atoms with Crippen LogP contribution < -0.4 is 5.32 Å². The minimum atomic E-state index is -0.000708. The summed E-state index contributed by atoms with van der Waals surface area (Å²) in [5.74, 6) is 0.0443. The molecule has 0 radical (unpaired) electrons. The van der Waals surface area contributed by atoms with E-state index in [-0.39, 0.29) is 11.8 Å². The van der Waals surface area contributed by atoms with Crippen LogP contribution in [-0.4, -0.2) is 50.1 Å². The molecule has 0 fully saturated rings. The van der Waals surface area contributed by atoms with Crippen molar-refractivity contribution < 1.29 is 14.3 Å². The summed E-state index contributed by atoms with van der Waals surface area (Å²) in [5, 5.41) is 2.85. The van der Waals surface area contributed by atoms with Crippen LogP contribution in [0.2, 0.25) is 0 Å². The van der Waals surface area contributed by atoms with E-state index in [2.05, 4.69) is 11.4 Å². The standard InChI is InChI=1S/C17H30N2O3/c1-15(20)19(12-9-16-7-4-3-5-8-16)13-10-17(21)18-11-6-14-22-2/h7H,3-6,8-14H2,1-2H3,(H,18,21). The number of nitrogens with zero attached hydrogens (tertiary/aromatic N) is 1. The van der Waals surface area contributed by atoms with Gasteiger partial charge in [-0.25, -0.2) is 0 Å². The first kappa shape index (κ1) is 18.7. The summed E-state index contributed by atoms with van der Waals surface area (Å²) in [7, 11) is 1.65. The van der Waals surface area contributed by atoms with E-state index in [0.29, 0.717) is 26.1 Å². The Morgan fingerprint density at radius 2 is 2.14 bits per heavy atom. The van der Waals surface area contributed by atoms with Crippen molar-refractivity contribution in [2.24, 2.45) is 0 Å². The van der Waals surface area contributed by atoms with Crippen LogP contribution in [0.25, 0.3) is 0 Å². The van der Waals surface area contributed by atoms with Crippen molar-refractivity contribution in [2.75, 3.05) is 33.4 Å². The molecule has 1 rings (SSSR count). The molecule has 0 aliphatic heterocycles. The van der Waals surface area contributed by atoms with Crippen LogP contribution in [0.4, 0.5) is 0 Å². The van der Waals surface area contributed by atoms with Gasteiger partial charge in [-0.15, -0.1) is 0 Å². The lowest BCUT2D eigenvalue weighted by Crippen LogP contribution is -2.35. The highest BCUT2D eigenvalue weighted by molar-refractivity contribution is 5.77. The normalized spacial score (nSPS) is 14.4. The summed E-state index contributed by atoms with van der Waals surface area (Å²) in [5.41, 5.74) is 1.46. The first-order valence-corrected chi connectivity index (χ1v) is 8.32. The van der Waals surface area contributed by atoms with E-state index in [1.807, 2.05) is 0 Å². The smallest absolute Gasteiger partial charge is 0.221 e. The third kappa shape index (κ3) is 8.17. The van der Waals surface area contributed by atoms with E-state index in [0.717, 1.165) is 25.8 Å². The number of nitrogens with one attached hydrogen (secondary N) is 1. The first-order valence-electron chi connectivity index (χ1n) is 8.32. The number of carbonyl (C=O) groups is 2. The van der Waals surface area contributed by atoms with Gasteiger partial charge in [0.1, 0.15) is 0 Å². The van der Waals surface area contributed by atoms with Gasteiger partial charge in [0.15, 0.2) is 0 Å². The molecule has 0 unspecified atom stereocenters. The van der Waals surface area contributed by atoms with Gasteiger partial charge in [-0.1, -0.05) is 11.6 Å². The second-order valence-corrected chi connectivity index (χ2v) is 5.81. The molecular weight excluding hydrogens is 280 g/mol. The fourth-order valence-electron chi connectivity index (χ4n) is 2.61. The Morgan fingerprint density at radius 3 is 2.77 bits per heavy atom. The maximum absolute atomic E-state index is 11.7. The van der Waals surface area contributed by atoms with E-state index in [1.165, 1.54) is 24.8 Å². The number of hydrogen-bond donors (Lipinski definition) is 1. The largest absolute Gasteiger partial charge is 0.385 e. The fourth-order valence-corrected chi connectivity index (χ4v) is 2.61. The highest BCUT2D eigenvalue weighted by atomic mass is 16.5. The van der Waals surface area contributed by atoms with Crippen LogP contribution in [0.5, 0.6) is 0 Å². The molecule has 0 saturated carbocycles. The molecule has 0 heterocycles. The van der Waals surface area contributed by atoms with Gasteiger partial charge < -0.3 is 15.0 Å². The van der Waals surface area contributed by atoms with E-state index in [1.54, 1.807) is 18.9 Å². The zero-order chi connectivity index (χ0) is 16.2. The van der Waals surface area contributed by atoms with Crippen LogP contribution in [0, 0.1) is 0 Å². The Kier molecular flexibility index (Phi) is 9.55. The molecule has 5 nitrogen and oxygen atoms in total. The SMILES string of the molecule is COCCCNC(=O)CCN(CCC1=CCCCC1)C(C)=O. The van der Waals surface area contributed by atoms with Gasteiger partial charge in [0.2, 0.25) is 11.8 Å². The molecule has 0 atom stereocenters. The van der Waals surface area contributed by atoms with Crippen LogP contribution in [0.3, 0.4) is 0 Å². The molecule has 0 aromatic carbocycles. The van der Waals surface area contributed by atoms with Gasteiger partial charge in [0.25, 0.3) is 0 Å². The minimum Gasteiger partial charge on any atom is -0.385 e. The number of rotatable bonds is 10. The molecule has 0 bridgehead atoms. The number of amides is 2. The van der Waals surface area contributed by atoms with Gasteiger partial charge >= 0.3 is 0 Å². The van der Waals surface area contributed by atoms with Crippen molar-refractivity contribution in [3.05, 3.63) is 11.6 Å². The number of ether oxygens (including phenoxy) is 1.